The van der Waals surface area contributed by atoms with Gasteiger partial charge < -0.3 is 19.1 Å². The Labute approximate surface area is 449 Å². The van der Waals surface area contributed by atoms with Gasteiger partial charge in [0.15, 0.2) is 0 Å². The minimum absolute atomic E-state index is 0.0319. The van der Waals surface area contributed by atoms with Gasteiger partial charge >= 0.3 is 0 Å². The van der Waals surface area contributed by atoms with Crippen LogP contribution in [0.1, 0.15) is 79.0 Å². The molecule has 0 N–H and O–H groups in total. The van der Waals surface area contributed by atoms with Gasteiger partial charge in [-0.05, 0) is 123 Å². The third-order valence-electron chi connectivity index (χ3n) is 15.6. The quantitative estimate of drug-likeness (QED) is 0.142. The van der Waals surface area contributed by atoms with E-state index in [0.717, 1.165) is 50.5 Å². The molecule has 3 aromatic heterocycles. The molecule has 12 rings (SSSR count). The zero-order valence-corrected chi connectivity index (χ0v) is 47.2. The second-order valence-corrected chi connectivity index (χ2v) is 30.2. The van der Waals surface area contributed by atoms with Crippen LogP contribution in [0, 0.1) is 0 Å². The van der Waals surface area contributed by atoms with Crippen molar-refractivity contribution in [3.63, 3.8) is 0 Å². The van der Waals surface area contributed by atoms with Gasteiger partial charge in [0, 0.05) is 62.5 Å². The van der Waals surface area contributed by atoms with Crippen molar-refractivity contribution in [1.29, 1.82) is 0 Å². The van der Waals surface area contributed by atoms with Gasteiger partial charge in [-0.3, -0.25) is 4.57 Å². The summed E-state index contributed by atoms with van der Waals surface area (Å²) in [6.07, 6.45) is 1.95. The van der Waals surface area contributed by atoms with Crippen molar-refractivity contribution in [3.05, 3.63) is 205 Å². The van der Waals surface area contributed by atoms with E-state index in [1.54, 1.807) is 0 Å². The maximum absolute atomic E-state index is 7.00. The molecular formula is C69H69N5OSi. The highest BCUT2D eigenvalue weighted by molar-refractivity contribution is 6.88. The van der Waals surface area contributed by atoms with Crippen LogP contribution in [0.4, 0.5) is 22.7 Å². The van der Waals surface area contributed by atoms with Crippen molar-refractivity contribution < 1.29 is 4.74 Å². The van der Waals surface area contributed by atoms with Gasteiger partial charge in [0.25, 0.3) is 0 Å². The van der Waals surface area contributed by atoms with Crippen LogP contribution >= 0.6 is 0 Å². The predicted octanol–water partition coefficient (Wildman–Crippen LogP) is 18.4. The number of ether oxygens (including phenoxy) is 1. The first-order valence-corrected chi connectivity index (χ1v) is 30.5. The van der Waals surface area contributed by atoms with Gasteiger partial charge in [-0.1, -0.05) is 172 Å². The molecular weight excluding hydrogens is 943 g/mol. The molecule has 76 heavy (non-hydrogen) atoms. The third kappa shape index (κ3) is 8.64. The van der Waals surface area contributed by atoms with Gasteiger partial charge in [0.2, 0.25) is 0 Å². The summed E-state index contributed by atoms with van der Waals surface area (Å²) < 4.78 is 11.7. The summed E-state index contributed by atoms with van der Waals surface area (Å²) in [5.41, 5.74) is 16.5. The molecule has 4 heterocycles. The fraction of sp³-hybridized carbons (Fsp3) is 0.232. The fourth-order valence-corrected chi connectivity index (χ4v) is 12.5. The van der Waals surface area contributed by atoms with Gasteiger partial charge in [0.05, 0.1) is 41.5 Å². The van der Waals surface area contributed by atoms with Gasteiger partial charge in [-0.15, -0.1) is 0 Å². The van der Waals surface area contributed by atoms with Crippen LogP contribution in [0.3, 0.4) is 0 Å². The number of hydrogen-bond acceptors (Lipinski definition) is 4. The second kappa shape index (κ2) is 17.9. The molecule has 0 aliphatic carbocycles. The largest absolute Gasteiger partial charge is 0.457 e. The summed E-state index contributed by atoms with van der Waals surface area (Å²) >= 11 is 0. The number of anilines is 4. The molecule has 0 saturated heterocycles. The van der Waals surface area contributed by atoms with E-state index in [2.05, 4.69) is 283 Å². The van der Waals surface area contributed by atoms with Crippen molar-refractivity contribution in [2.45, 2.75) is 98.2 Å². The van der Waals surface area contributed by atoms with E-state index in [0.29, 0.717) is 6.67 Å². The molecule has 11 aromatic rings. The number of nitrogens with zero attached hydrogens (tertiary/aromatic N) is 5. The maximum Gasteiger partial charge on any atom is 0.137 e. The van der Waals surface area contributed by atoms with Crippen LogP contribution in [0.5, 0.6) is 11.5 Å². The average molecular weight is 1010 g/mol. The Balaban J connectivity index is 0.974. The molecule has 1 aliphatic heterocycles. The van der Waals surface area contributed by atoms with E-state index in [1.165, 1.54) is 71.9 Å². The Morgan fingerprint density at radius 3 is 1.75 bits per heavy atom. The van der Waals surface area contributed by atoms with Crippen LogP contribution in [0.25, 0.3) is 66.2 Å². The van der Waals surface area contributed by atoms with Crippen LogP contribution in [0.15, 0.2) is 188 Å². The van der Waals surface area contributed by atoms with E-state index < -0.39 is 8.07 Å². The summed E-state index contributed by atoms with van der Waals surface area (Å²) in [6.45, 7) is 28.7. The van der Waals surface area contributed by atoms with E-state index in [-0.39, 0.29) is 16.2 Å². The second-order valence-electron chi connectivity index (χ2n) is 25.1. The highest BCUT2D eigenvalue weighted by Crippen LogP contribution is 2.51. The number of hydrogen-bond donors (Lipinski definition) is 0. The van der Waals surface area contributed by atoms with Gasteiger partial charge in [-0.2, -0.15) is 0 Å². The average Bonchev–Trinajstić information content (AvgIpc) is 4.09. The number of rotatable bonds is 8. The maximum atomic E-state index is 7.00. The monoisotopic (exact) mass is 1010 g/mol. The topological polar surface area (TPSA) is 38.5 Å². The van der Waals surface area contributed by atoms with Crippen molar-refractivity contribution >= 4 is 79.6 Å². The molecule has 0 radical (unpaired) electrons. The van der Waals surface area contributed by atoms with Crippen LogP contribution in [0.2, 0.25) is 19.6 Å². The first-order valence-electron chi connectivity index (χ1n) is 27.0. The molecule has 8 aromatic carbocycles. The molecule has 0 spiro atoms. The zero-order chi connectivity index (χ0) is 53.1. The van der Waals surface area contributed by atoms with Crippen LogP contribution < -0.4 is 19.7 Å². The first-order chi connectivity index (χ1) is 36.2. The van der Waals surface area contributed by atoms with Crippen molar-refractivity contribution in [1.82, 2.24) is 14.1 Å². The Morgan fingerprint density at radius 2 is 1.07 bits per heavy atom. The van der Waals surface area contributed by atoms with E-state index in [4.69, 9.17) is 9.72 Å². The lowest BCUT2D eigenvalue weighted by molar-refractivity contribution is 0.483. The van der Waals surface area contributed by atoms with E-state index in [9.17, 15) is 0 Å². The van der Waals surface area contributed by atoms with Crippen molar-refractivity contribution in [2.75, 3.05) is 16.5 Å². The number of fused-ring (bicyclic) bond motifs is 7. The summed E-state index contributed by atoms with van der Waals surface area (Å²) in [5, 5.41) is 6.23. The lowest BCUT2D eigenvalue weighted by Crippen LogP contribution is -2.37. The lowest BCUT2D eigenvalue weighted by Gasteiger charge is -2.30. The van der Waals surface area contributed by atoms with Gasteiger partial charge in [0.1, 0.15) is 24.0 Å². The van der Waals surface area contributed by atoms with Crippen LogP contribution in [-0.4, -0.2) is 28.9 Å². The number of para-hydroxylation sites is 3. The molecule has 1 aliphatic rings. The molecule has 0 atom stereocenters. The first kappa shape index (κ1) is 49.0. The Hall–Kier alpha value is -7.87. The highest BCUT2D eigenvalue weighted by atomic mass is 28.3. The van der Waals surface area contributed by atoms with E-state index >= 15 is 0 Å². The molecule has 0 saturated carbocycles. The number of pyridine rings is 1. The Bertz CT molecular complexity index is 3990. The molecule has 0 unspecified atom stereocenters. The van der Waals surface area contributed by atoms with Crippen LogP contribution in [-0.2, 0) is 16.2 Å². The minimum atomic E-state index is -1.59. The number of benzene rings is 8. The standard InChI is InChI=1S/C69H69N5OSi/c1-67(2,3)46-34-35-70-65(40-46)74-62-33-30-50(73-60-27-15-13-24-56(60)57-25-14-16-28-61(57)73)42-59(62)58-32-31-53(43-64(58)74)75-52-22-18-21-49(41-52)71-44-72(51-38-47(68(4,5)6)37-48(39-51)69(7,8)9)66-55(26-19-29-63(66)71)45-20-17-23-54(36-45)76(10,11)12/h13-43H,44H2,1-12H3. The molecule has 6 nitrogen and oxygen atoms in total. The zero-order valence-electron chi connectivity index (χ0n) is 46.2. The molecule has 0 fully saturated rings. The molecule has 7 heteroatoms. The smallest absolute Gasteiger partial charge is 0.137 e. The molecule has 380 valence electrons. The van der Waals surface area contributed by atoms with Crippen molar-refractivity contribution in [3.8, 4) is 34.1 Å². The summed E-state index contributed by atoms with van der Waals surface area (Å²) in [4.78, 5) is 10.1. The molecule has 0 amide bonds. The Kier molecular flexibility index (Phi) is 11.5. The lowest BCUT2D eigenvalue weighted by atomic mass is 9.80. The number of aromatic nitrogens is 3. The summed E-state index contributed by atoms with van der Waals surface area (Å²) in [7, 11) is -1.59. The summed E-state index contributed by atoms with van der Waals surface area (Å²) in [5.74, 6) is 2.40. The highest BCUT2D eigenvalue weighted by Gasteiger charge is 2.33. The SMILES string of the molecule is CC(C)(C)c1cc(N2CN(c3cccc(Oc4ccc5c6cc(-n7c8ccccc8c8ccccc87)ccc6n(-c6cc(C(C)(C)C)ccn6)c5c4)c3)c3cccc(-c4cccc([Si](C)(C)C)c4)c32)cc(C(C)(C)C)c1. The normalized spacial score (nSPS) is 13.4. The third-order valence-corrected chi connectivity index (χ3v) is 17.7. The minimum Gasteiger partial charge on any atom is -0.457 e. The van der Waals surface area contributed by atoms with Crippen molar-refractivity contribution in [2.24, 2.45) is 0 Å². The molecule has 0 bridgehead atoms. The summed E-state index contributed by atoms with van der Waals surface area (Å²) in [6, 6.07) is 67.2. The van der Waals surface area contributed by atoms with E-state index in [1.807, 2.05) is 6.20 Å². The predicted molar refractivity (Wildman–Crippen MR) is 326 cm³/mol. The van der Waals surface area contributed by atoms with Gasteiger partial charge in [-0.25, -0.2) is 4.98 Å². The fourth-order valence-electron chi connectivity index (χ4n) is 11.3. The Morgan fingerprint density at radius 1 is 0.434 bits per heavy atom.